The molecular weight excluding hydrogens is 290 g/mol. The molecule has 1 rings (SSSR count). The molecule has 4 atom stereocenters. The minimum absolute atomic E-state index is 0.206. The van der Waals surface area contributed by atoms with Crippen LogP contribution in [0.1, 0.15) is 20.3 Å². The van der Waals surface area contributed by atoms with E-state index in [0.717, 1.165) is 5.57 Å². The summed E-state index contributed by atoms with van der Waals surface area (Å²) >= 11 is 0. The molecule has 7 nitrogen and oxygen atoms in total. The molecule has 0 unspecified atom stereocenters. The highest BCUT2D eigenvalue weighted by atomic mass is 16.4. The molecule has 4 N–H and O–H groups in total. The summed E-state index contributed by atoms with van der Waals surface area (Å²) in [5, 5.41) is 29.7. The van der Waals surface area contributed by atoms with Gasteiger partial charge in [-0.2, -0.15) is 0 Å². The van der Waals surface area contributed by atoms with Gasteiger partial charge in [-0.3, -0.25) is 14.4 Å². The van der Waals surface area contributed by atoms with E-state index in [1.807, 2.05) is 0 Å². The van der Waals surface area contributed by atoms with Gasteiger partial charge in [0.05, 0.1) is 12.3 Å². The molecule has 1 heterocycles. The van der Waals surface area contributed by atoms with E-state index in [4.69, 9.17) is 15.3 Å². The Bertz CT molecular complexity index is 510. The van der Waals surface area contributed by atoms with E-state index in [9.17, 15) is 14.4 Å². The molecule has 0 spiro atoms. The maximum absolute atomic E-state index is 11.2. The summed E-state index contributed by atoms with van der Waals surface area (Å²) in [5.74, 6) is -4.38. The molecule has 1 fully saturated rings. The van der Waals surface area contributed by atoms with Crippen LogP contribution in [0.4, 0.5) is 0 Å². The van der Waals surface area contributed by atoms with Crippen molar-refractivity contribution in [3.8, 4) is 0 Å². The van der Waals surface area contributed by atoms with Crippen molar-refractivity contribution < 1.29 is 29.7 Å². The van der Waals surface area contributed by atoms with Gasteiger partial charge >= 0.3 is 17.9 Å². The molecule has 0 amide bonds. The lowest BCUT2D eigenvalue weighted by molar-refractivity contribution is -0.142. The fourth-order valence-electron chi connectivity index (χ4n) is 2.60. The van der Waals surface area contributed by atoms with Crippen LogP contribution in [0.3, 0.4) is 0 Å². The van der Waals surface area contributed by atoms with E-state index in [0.29, 0.717) is 6.54 Å². The quantitative estimate of drug-likeness (QED) is 0.516. The minimum Gasteiger partial charge on any atom is -0.481 e. The minimum atomic E-state index is -1.06. The number of carbonyl (C=O) groups is 3. The highest BCUT2D eigenvalue weighted by Gasteiger charge is 2.41. The first-order valence-corrected chi connectivity index (χ1v) is 6.99. The van der Waals surface area contributed by atoms with Gasteiger partial charge in [-0.25, -0.2) is 0 Å². The molecule has 122 valence electrons. The first-order chi connectivity index (χ1) is 10.2. The molecule has 0 aromatic heterocycles. The second-order valence-electron chi connectivity index (χ2n) is 5.51. The van der Waals surface area contributed by atoms with Crippen LogP contribution in [-0.4, -0.2) is 45.8 Å². The summed E-state index contributed by atoms with van der Waals surface area (Å²) in [6, 6.07) is -0.883. The summed E-state index contributed by atoms with van der Waals surface area (Å²) in [4.78, 5) is 32.8. The van der Waals surface area contributed by atoms with Crippen LogP contribution >= 0.6 is 0 Å². The molecule has 0 saturated carbocycles. The maximum atomic E-state index is 11.2. The Labute approximate surface area is 128 Å². The zero-order valence-corrected chi connectivity index (χ0v) is 12.5. The largest absolute Gasteiger partial charge is 0.481 e. The molecule has 1 aliphatic rings. The fraction of sp³-hybridized carbons (Fsp3) is 0.533. The van der Waals surface area contributed by atoms with Crippen LogP contribution in [0.2, 0.25) is 0 Å². The lowest BCUT2D eigenvalue weighted by Gasteiger charge is -2.20. The molecular formula is C15H21NO6. The van der Waals surface area contributed by atoms with Gasteiger partial charge in [0.25, 0.3) is 0 Å². The van der Waals surface area contributed by atoms with Crippen LogP contribution in [0, 0.1) is 17.8 Å². The van der Waals surface area contributed by atoms with Crippen molar-refractivity contribution in [2.45, 2.75) is 26.3 Å². The van der Waals surface area contributed by atoms with Crippen molar-refractivity contribution in [1.29, 1.82) is 0 Å². The lowest BCUT2D eigenvalue weighted by Crippen LogP contribution is -2.36. The molecule has 1 aliphatic heterocycles. The topological polar surface area (TPSA) is 124 Å². The number of nitrogens with one attached hydrogen (secondary N) is 1. The zero-order valence-electron chi connectivity index (χ0n) is 12.5. The van der Waals surface area contributed by atoms with Crippen LogP contribution in [-0.2, 0) is 14.4 Å². The molecule has 0 radical (unpaired) electrons. The number of hydrogen-bond donors (Lipinski definition) is 4. The fourth-order valence-corrected chi connectivity index (χ4v) is 2.60. The average molecular weight is 311 g/mol. The third-order valence-electron chi connectivity index (χ3n) is 3.91. The van der Waals surface area contributed by atoms with Crippen molar-refractivity contribution in [2.75, 3.05) is 6.54 Å². The van der Waals surface area contributed by atoms with E-state index in [1.165, 1.54) is 6.08 Å². The van der Waals surface area contributed by atoms with Gasteiger partial charge in [-0.05, 0) is 19.8 Å². The number of allylic oxidation sites excluding steroid dienone is 2. The Morgan fingerprint density at radius 2 is 1.91 bits per heavy atom. The zero-order chi connectivity index (χ0) is 16.9. The van der Waals surface area contributed by atoms with Crippen LogP contribution < -0.4 is 5.32 Å². The smallest absolute Gasteiger partial charge is 0.321 e. The predicted octanol–water partition coefficient (Wildman–Crippen LogP) is 0.973. The number of rotatable bonds is 7. The SMILES string of the molecule is C/C(=C/C=C\[C@@H](C)C(=O)O)[C@H]1CN[C@H](C(=O)O)[C@H]1CC(=O)O. The van der Waals surface area contributed by atoms with Crippen LogP contribution in [0.25, 0.3) is 0 Å². The van der Waals surface area contributed by atoms with Gasteiger partial charge in [0.1, 0.15) is 6.04 Å². The summed E-state index contributed by atoms with van der Waals surface area (Å²) in [6.07, 6.45) is 4.62. The molecule has 7 heteroatoms. The van der Waals surface area contributed by atoms with Crippen molar-refractivity contribution in [3.05, 3.63) is 23.8 Å². The Hall–Kier alpha value is -2.15. The number of aliphatic carboxylic acids is 3. The summed E-state index contributed by atoms with van der Waals surface area (Å²) in [5.41, 5.74) is 0.830. The van der Waals surface area contributed by atoms with Crippen molar-refractivity contribution in [3.63, 3.8) is 0 Å². The second kappa shape index (κ2) is 7.74. The van der Waals surface area contributed by atoms with E-state index >= 15 is 0 Å². The van der Waals surface area contributed by atoms with Crippen molar-refractivity contribution in [1.82, 2.24) is 5.32 Å². The predicted molar refractivity (Wildman–Crippen MR) is 78.4 cm³/mol. The van der Waals surface area contributed by atoms with Gasteiger partial charge in [0, 0.05) is 12.5 Å². The molecule has 1 saturated heterocycles. The first-order valence-electron chi connectivity index (χ1n) is 6.99. The van der Waals surface area contributed by atoms with E-state index in [-0.39, 0.29) is 12.3 Å². The summed E-state index contributed by atoms with van der Waals surface area (Å²) in [7, 11) is 0. The second-order valence-corrected chi connectivity index (χ2v) is 5.51. The Morgan fingerprint density at radius 1 is 1.27 bits per heavy atom. The van der Waals surface area contributed by atoms with E-state index in [1.54, 1.807) is 26.0 Å². The third kappa shape index (κ3) is 4.70. The van der Waals surface area contributed by atoms with Gasteiger partial charge in [-0.15, -0.1) is 0 Å². The molecule has 0 bridgehead atoms. The Morgan fingerprint density at radius 3 is 2.41 bits per heavy atom. The number of hydrogen-bond acceptors (Lipinski definition) is 4. The highest BCUT2D eigenvalue weighted by molar-refractivity contribution is 5.76. The number of carboxylic acids is 3. The highest BCUT2D eigenvalue weighted by Crippen LogP contribution is 2.31. The average Bonchev–Trinajstić information content (AvgIpc) is 2.81. The normalized spacial score (nSPS) is 27.0. The molecule has 0 aliphatic carbocycles. The van der Waals surface area contributed by atoms with Crippen molar-refractivity contribution >= 4 is 17.9 Å². The van der Waals surface area contributed by atoms with Crippen molar-refractivity contribution in [2.24, 2.45) is 17.8 Å². The molecule has 22 heavy (non-hydrogen) atoms. The standard InChI is InChI=1S/C15H21NO6/c1-8(4-3-5-9(2)14(19)20)11-7-16-13(15(21)22)10(11)6-12(17)18/h3-5,9-11,13,16H,6-7H2,1-2H3,(H,17,18)(H,19,20)(H,21,22)/b5-3-,8-4-/t9-,10+,11-,13+/m1/s1. The summed E-state index contributed by atoms with van der Waals surface area (Å²) in [6.45, 7) is 3.73. The van der Waals surface area contributed by atoms with E-state index < -0.39 is 35.8 Å². The van der Waals surface area contributed by atoms with Crippen LogP contribution in [0.5, 0.6) is 0 Å². The van der Waals surface area contributed by atoms with Gasteiger partial charge in [0.2, 0.25) is 0 Å². The van der Waals surface area contributed by atoms with E-state index in [2.05, 4.69) is 5.32 Å². The first kappa shape index (κ1) is 17.9. The van der Waals surface area contributed by atoms with Crippen LogP contribution in [0.15, 0.2) is 23.8 Å². The lowest BCUT2D eigenvalue weighted by atomic mass is 9.83. The monoisotopic (exact) mass is 311 g/mol. The Balaban J connectivity index is 2.85. The number of carboxylic acid groups (broad SMARTS) is 3. The summed E-state index contributed by atoms with van der Waals surface area (Å²) < 4.78 is 0. The Kier molecular flexibility index (Phi) is 6.30. The van der Waals surface area contributed by atoms with Gasteiger partial charge < -0.3 is 20.6 Å². The van der Waals surface area contributed by atoms with Gasteiger partial charge in [0.15, 0.2) is 0 Å². The molecule has 0 aromatic rings. The maximum Gasteiger partial charge on any atom is 0.321 e. The third-order valence-corrected chi connectivity index (χ3v) is 3.91. The van der Waals surface area contributed by atoms with Gasteiger partial charge in [-0.1, -0.05) is 23.8 Å². The molecule has 0 aromatic carbocycles.